The maximum atomic E-state index is 14.7. The molecule has 5 heteroatoms. The fraction of sp³-hybridized carbons (Fsp3) is 0.231. The molecule has 0 bridgehead atoms. The number of sulfone groups is 1. The number of hydrogen-bond acceptors (Lipinski definition) is 4. The van der Waals surface area contributed by atoms with E-state index in [1.807, 2.05) is 24.3 Å². The van der Waals surface area contributed by atoms with Gasteiger partial charge in [-0.25, -0.2) is 8.42 Å². The molecule has 2 aliphatic rings. The van der Waals surface area contributed by atoms with Crippen molar-refractivity contribution in [2.45, 2.75) is 77.0 Å². The topological polar surface area (TPSA) is 52.6 Å². The summed E-state index contributed by atoms with van der Waals surface area (Å²) in [4.78, 5) is 0.817. The Morgan fingerprint density at radius 2 is 0.965 bits per heavy atom. The van der Waals surface area contributed by atoms with Crippen molar-refractivity contribution in [1.82, 2.24) is 0 Å². The second-order valence-corrected chi connectivity index (χ2v) is 17.4. The van der Waals surface area contributed by atoms with Crippen LogP contribution in [0.3, 0.4) is 0 Å². The van der Waals surface area contributed by atoms with E-state index in [9.17, 15) is 8.42 Å². The van der Waals surface area contributed by atoms with Crippen LogP contribution < -0.4 is 9.47 Å². The molecule has 0 fully saturated rings. The molecule has 0 aliphatic heterocycles. The predicted octanol–water partition coefficient (Wildman–Crippen LogP) is 12.5. The second-order valence-electron chi connectivity index (χ2n) is 15.6. The molecule has 0 saturated carbocycles. The molecule has 0 heterocycles. The van der Waals surface area contributed by atoms with Crippen molar-refractivity contribution in [3.63, 3.8) is 0 Å². The summed E-state index contributed by atoms with van der Waals surface area (Å²) < 4.78 is 40.6. The van der Waals surface area contributed by atoms with Crippen LogP contribution in [-0.2, 0) is 35.5 Å². The lowest BCUT2D eigenvalue weighted by Crippen LogP contribution is -2.13. The van der Waals surface area contributed by atoms with Crippen LogP contribution >= 0.6 is 0 Å². The third-order valence-corrected chi connectivity index (χ3v) is 14.1. The summed E-state index contributed by atoms with van der Waals surface area (Å²) in [5.74, 6) is 1.82. The normalized spacial score (nSPS) is 15.1. The number of rotatable bonds is 8. The summed E-state index contributed by atoms with van der Waals surface area (Å²) in [7, 11) is -0.359. The lowest BCUT2D eigenvalue weighted by atomic mass is 9.88. The summed E-state index contributed by atoms with van der Waals surface area (Å²) in [5.41, 5.74) is 15.4. The van der Waals surface area contributed by atoms with Crippen LogP contribution in [0.25, 0.3) is 45.8 Å². The van der Waals surface area contributed by atoms with Gasteiger partial charge in [-0.3, -0.25) is 0 Å². The molecule has 0 aromatic heterocycles. The molecule has 0 atom stereocenters. The van der Waals surface area contributed by atoms with E-state index in [0.717, 1.165) is 80.0 Å². The Bertz CT molecular complexity index is 2690. The largest absolute Gasteiger partial charge is 0.496 e. The van der Waals surface area contributed by atoms with Crippen LogP contribution in [0.4, 0.5) is 0 Å². The van der Waals surface area contributed by atoms with Crippen molar-refractivity contribution in [2.75, 3.05) is 14.2 Å². The van der Waals surface area contributed by atoms with Crippen molar-refractivity contribution in [3.05, 3.63) is 163 Å². The number of allylic oxidation sites excluding steroid dienone is 4. The van der Waals surface area contributed by atoms with Gasteiger partial charge in [0.25, 0.3) is 0 Å². The summed E-state index contributed by atoms with van der Waals surface area (Å²) in [5, 5.41) is 4.85. The average Bonchev–Trinajstić information content (AvgIpc) is 3.22. The highest BCUT2D eigenvalue weighted by Gasteiger charge is 2.28. The molecule has 0 radical (unpaired) electrons. The molecule has 0 unspecified atom stereocenters. The van der Waals surface area contributed by atoms with E-state index in [2.05, 4.69) is 127 Å². The SMILES string of the molecule is CCc1c(S(=O)(=O)c2ccc3c(c2CC)C=CC(=Cc2ccc4c(C)c(OC)cc(C)c4c2)C3)ccc2c1C=CC(=Cc1ccc3c(C)c(OC)cc(C)c3c1)C2. The Morgan fingerprint density at radius 3 is 1.35 bits per heavy atom. The van der Waals surface area contributed by atoms with Crippen LogP contribution in [0.1, 0.15) is 80.6 Å². The van der Waals surface area contributed by atoms with Gasteiger partial charge in [0, 0.05) is 0 Å². The maximum absolute atomic E-state index is 14.7. The first-order valence-corrected chi connectivity index (χ1v) is 21.4. The fourth-order valence-corrected chi connectivity index (χ4v) is 11.0. The van der Waals surface area contributed by atoms with Crippen LogP contribution in [0.2, 0.25) is 0 Å². The van der Waals surface area contributed by atoms with Crippen LogP contribution in [0.5, 0.6) is 11.5 Å². The molecular weight excluding hydrogens is 721 g/mol. The Morgan fingerprint density at radius 1 is 0.544 bits per heavy atom. The van der Waals surface area contributed by atoms with Gasteiger partial charge in [-0.05, 0) is 189 Å². The minimum Gasteiger partial charge on any atom is -0.496 e. The van der Waals surface area contributed by atoms with Crippen LogP contribution in [-0.4, -0.2) is 22.6 Å². The molecule has 6 aromatic carbocycles. The highest BCUT2D eigenvalue weighted by molar-refractivity contribution is 7.91. The van der Waals surface area contributed by atoms with E-state index in [1.54, 1.807) is 14.2 Å². The van der Waals surface area contributed by atoms with Crippen molar-refractivity contribution < 1.29 is 17.9 Å². The minimum absolute atomic E-state index is 0.408. The van der Waals surface area contributed by atoms with E-state index >= 15 is 0 Å². The molecule has 0 amide bonds. The highest BCUT2D eigenvalue weighted by atomic mass is 32.2. The summed E-state index contributed by atoms with van der Waals surface area (Å²) >= 11 is 0. The van der Waals surface area contributed by atoms with E-state index in [4.69, 9.17) is 9.47 Å². The van der Waals surface area contributed by atoms with E-state index in [-0.39, 0.29) is 0 Å². The Balaban J connectivity index is 1.09. The number of aryl methyl sites for hydroxylation is 4. The monoisotopic (exact) mass is 770 g/mol. The van der Waals surface area contributed by atoms with Gasteiger partial charge in [0.15, 0.2) is 0 Å². The number of benzene rings is 6. The molecular formula is C52H50O4S. The molecule has 6 aromatic rings. The predicted molar refractivity (Wildman–Crippen MR) is 238 cm³/mol. The molecule has 288 valence electrons. The third kappa shape index (κ3) is 6.72. The molecule has 8 rings (SSSR count). The van der Waals surface area contributed by atoms with Crippen molar-refractivity contribution in [2.24, 2.45) is 0 Å². The molecule has 0 spiro atoms. The van der Waals surface area contributed by atoms with Gasteiger partial charge in [-0.2, -0.15) is 0 Å². The van der Waals surface area contributed by atoms with Gasteiger partial charge in [0.05, 0.1) is 24.0 Å². The van der Waals surface area contributed by atoms with Gasteiger partial charge in [0.2, 0.25) is 9.84 Å². The third-order valence-electron chi connectivity index (χ3n) is 12.1. The van der Waals surface area contributed by atoms with Crippen molar-refractivity contribution in [1.29, 1.82) is 0 Å². The second kappa shape index (κ2) is 15.0. The zero-order valence-corrected chi connectivity index (χ0v) is 35.1. The average molecular weight is 771 g/mol. The van der Waals surface area contributed by atoms with Crippen molar-refractivity contribution in [3.8, 4) is 11.5 Å². The van der Waals surface area contributed by atoms with Crippen LogP contribution in [0, 0.1) is 27.7 Å². The quantitative estimate of drug-likeness (QED) is 0.155. The Hall–Kier alpha value is -5.65. The van der Waals surface area contributed by atoms with Gasteiger partial charge in [-0.15, -0.1) is 0 Å². The standard InChI is InChI=1S/C52H50O4S/c1-9-41-45-19-13-35(25-37-11-17-43-33(5)49(55-7)23-31(3)47(43)29-37)27-39(45)15-21-51(41)57(53,54)52-22-16-40-28-36(14-20-46(40)42(52)10-2)26-38-12-18-44-34(6)50(56-8)24-32(4)48(44)30-38/h11-26,29-30H,9-10,27-28H2,1-8H3. The number of fused-ring (bicyclic) bond motifs is 4. The number of methoxy groups -OCH3 is 2. The molecule has 4 nitrogen and oxygen atoms in total. The molecule has 57 heavy (non-hydrogen) atoms. The summed E-state index contributed by atoms with van der Waals surface area (Å²) in [6, 6.07) is 25.1. The first kappa shape index (κ1) is 38.2. The zero-order chi connectivity index (χ0) is 40.2. The first-order chi connectivity index (χ1) is 27.4. The lowest BCUT2D eigenvalue weighted by molar-refractivity contribution is 0.412. The molecule has 0 saturated heterocycles. The zero-order valence-electron chi connectivity index (χ0n) is 34.3. The highest BCUT2D eigenvalue weighted by Crippen LogP contribution is 2.39. The van der Waals surface area contributed by atoms with Gasteiger partial charge in [-0.1, -0.05) is 86.7 Å². The van der Waals surface area contributed by atoms with E-state index in [0.29, 0.717) is 22.6 Å². The minimum atomic E-state index is -3.80. The Kier molecular flexibility index (Phi) is 10.1. The summed E-state index contributed by atoms with van der Waals surface area (Å²) in [6.45, 7) is 12.6. The van der Waals surface area contributed by atoms with E-state index in [1.165, 1.54) is 43.8 Å². The number of hydrogen-bond donors (Lipinski definition) is 0. The summed E-state index contributed by atoms with van der Waals surface area (Å²) in [6.07, 6.45) is 15.7. The molecule has 0 N–H and O–H groups in total. The van der Waals surface area contributed by atoms with Crippen molar-refractivity contribution >= 4 is 55.7 Å². The maximum Gasteiger partial charge on any atom is 0.207 e. The van der Waals surface area contributed by atoms with Gasteiger partial charge in [0.1, 0.15) is 11.5 Å². The molecule has 2 aliphatic carbocycles. The smallest absolute Gasteiger partial charge is 0.207 e. The first-order valence-electron chi connectivity index (χ1n) is 19.9. The number of ether oxygens (including phenoxy) is 2. The lowest BCUT2D eigenvalue weighted by Gasteiger charge is -2.22. The van der Waals surface area contributed by atoms with Crippen LogP contribution in [0.15, 0.2) is 106 Å². The fourth-order valence-electron chi connectivity index (χ4n) is 9.09. The Labute approximate surface area is 337 Å². The van der Waals surface area contributed by atoms with Gasteiger partial charge < -0.3 is 9.47 Å². The van der Waals surface area contributed by atoms with Gasteiger partial charge >= 0.3 is 0 Å². The van der Waals surface area contributed by atoms with E-state index < -0.39 is 9.84 Å².